The molecule has 0 radical (unpaired) electrons. The molecular weight excluding hydrogens is 248 g/mol. The van der Waals surface area contributed by atoms with Crippen LogP contribution in [-0.2, 0) is 9.47 Å². The molecule has 2 amide bonds. The van der Waals surface area contributed by atoms with Gasteiger partial charge in [0, 0.05) is 11.3 Å². The van der Waals surface area contributed by atoms with Crippen LogP contribution >= 0.6 is 0 Å². The van der Waals surface area contributed by atoms with Gasteiger partial charge in [0.15, 0.2) is 0 Å². The first kappa shape index (κ1) is 12.1. The van der Waals surface area contributed by atoms with Crippen LogP contribution in [0.15, 0.2) is 24.3 Å². The van der Waals surface area contributed by atoms with Crippen molar-refractivity contribution in [3.8, 4) is 0 Å². The largest absolute Gasteiger partial charge is 0.449 e. The summed E-state index contributed by atoms with van der Waals surface area (Å²) in [6.45, 7) is 0.216. The Balaban J connectivity index is 1.85. The molecule has 3 rings (SSSR count). The van der Waals surface area contributed by atoms with Crippen LogP contribution in [0.3, 0.4) is 0 Å². The summed E-state index contributed by atoms with van der Waals surface area (Å²) in [6, 6.07) is 0. The maximum atomic E-state index is 11.0. The second kappa shape index (κ2) is 4.01. The topological polar surface area (TPSA) is 105 Å². The van der Waals surface area contributed by atoms with Gasteiger partial charge in [-0.3, -0.25) is 0 Å². The number of hydrogen-bond acceptors (Lipinski definition) is 4. The molecule has 3 unspecified atom stereocenters. The summed E-state index contributed by atoms with van der Waals surface area (Å²) in [5.74, 6) is 0.690. The summed E-state index contributed by atoms with van der Waals surface area (Å²) < 4.78 is 10.2. The normalized spacial score (nSPS) is 41.3. The zero-order valence-electron chi connectivity index (χ0n) is 10.3. The third kappa shape index (κ3) is 1.70. The summed E-state index contributed by atoms with van der Waals surface area (Å²) in [5, 5.41) is 0. The third-order valence-electron chi connectivity index (χ3n) is 4.56. The number of rotatable bonds is 3. The summed E-state index contributed by atoms with van der Waals surface area (Å²) >= 11 is 0. The van der Waals surface area contributed by atoms with E-state index >= 15 is 0 Å². The lowest BCUT2D eigenvalue weighted by Gasteiger charge is -2.37. The molecule has 0 saturated heterocycles. The van der Waals surface area contributed by atoms with Crippen molar-refractivity contribution in [3.05, 3.63) is 24.3 Å². The van der Waals surface area contributed by atoms with Crippen molar-refractivity contribution in [1.29, 1.82) is 0 Å². The van der Waals surface area contributed by atoms with Crippen LogP contribution in [-0.4, -0.2) is 24.9 Å². The molecule has 6 nitrogen and oxygen atoms in total. The first-order valence-electron chi connectivity index (χ1n) is 6.29. The van der Waals surface area contributed by atoms with Crippen LogP contribution < -0.4 is 11.5 Å². The van der Waals surface area contributed by atoms with Crippen LogP contribution in [0.4, 0.5) is 9.59 Å². The van der Waals surface area contributed by atoms with E-state index < -0.39 is 12.2 Å². The average molecular weight is 264 g/mol. The Kier molecular flexibility index (Phi) is 2.55. The van der Waals surface area contributed by atoms with E-state index in [2.05, 4.69) is 12.2 Å². The Morgan fingerprint density at radius 3 is 2.68 bits per heavy atom. The predicted molar refractivity (Wildman–Crippen MR) is 65.8 cm³/mol. The Hall–Kier alpha value is -1.98. The molecule has 2 bridgehead atoms. The fourth-order valence-corrected chi connectivity index (χ4v) is 3.91. The van der Waals surface area contributed by atoms with Gasteiger partial charge in [-0.2, -0.15) is 0 Å². The molecule has 0 aromatic carbocycles. The number of amides is 2. The Morgan fingerprint density at radius 2 is 2.00 bits per heavy atom. The summed E-state index contributed by atoms with van der Waals surface area (Å²) in [5.41, 5.74) is 9.84. The highest BCUT2D eigenvalue weighted by atomic mass is 16.6. The van der Waals surface area contributed by atoms with E-state index in [0.29, 0.717) is 11.8 Å². The highest BCUT2D eigenvalue weighted by molar-refractivity contribution is 5.65. The van der Waals surface area contributed by atoms with Crippen LogP contribution in [0.25, 0.3) is 0 Å². The zero-order chi connectivity index (χ0) is 13.6. The van der Waals surface area contributed by atoms with Gasteiger partial charge in [-0.1, -0.05) is 18.2 Å². The minimum atomic E-state index is -0.785. The molecule has 5 atom stereocenters. The van der Waals surface area contributed by atoms with E-state index in [1.54, 1.807) is 0 Å². The molecule has 1 fully saturated rings. The molecule has 4 N–H and O–H groups in total. The molecule has 0 spiro atoms. The van der Waals surface area contributed by atoms with Crippen molar-refractivity contribution in [3.63, 3.8) is 0 Å². The second-order valence-corrected chi connectivity index (χ2v) is 5.40. The maximum absolute atomic E-state index is 11.0. The quantitative estimate of drug-likeness (QED) is 0.739. The van der Waals surface area contributed by atoms with Gasteiger partial charge in [0.2, 0.25) is 0 Å². The van der Waals surface area contributed by atoms with Crippen LogP contribution in [0.2, 0.25) is 0 Å². The Bertz CT molecular complexity index is 487. The number of carbonyl (C=O) groups excluding carboxylic acids is 2. The van der Waals surface area contributed by atoms with E-state index in [4.69, 9.17) is 20.9 Å². The molecule has 3 aliphatic carbocycles. The highest BCUT2D eigenvalue weighted by Gasteiger charge is 2.60. The molecule has 0 aliphatic heterocycles. The average Bonchev–Trinajstić information content (AvgIpc) is 2.98. The first-order valence-corrected chi connectivity index (χ1v) is 6.29. The van der Waals surface area contributed by atoms with Crippen molar-refractivity contribution in [2.45, 2.75) is 12.5 Å². The van der Waals surface area contributed by atoms with Crippen LogP contribution in [0, 0.1) is 23.2 Å². The van der Waals surface area contributed by atoms with Gasteiger partial charge in [0.05, 0.1) is 0 Å². The monoisotopic (exact) mass is 264 g/mol. The number of hydrogen-bond donors (Lipinski definition) is 2. The molecular formula is C13H16N2O4. The number of allylic oxidation sites excluding steroid dienone is 2. The second-order valence-electron chi connectivity index (χ2n) is 5.40. The number of nitrogens with two attached hydrogens (primary N) is 2. The number of primary amides is 2. The van der Waals surface area contributed by atoms with Gasteiger partial charge in [-0.15, -0.1) is 0 Å². The summed E-state index contributed by atoms with van der Waals surface area (Å²) in [4.78, 5) is 21.8. The molecule has 1 saturated carbocycles. The van der Waals surface area contributed by atoms with Crippen LogP contribution in [0.1, 0.15) is 6.42 Å². The highest BCUT2D eigenvalue weighted by Crippen LogP contribution is 2.61. The minimum absolute atomic E-state index is 0.0781. The number of fused-ring (bicyclic) bond motifs is 5. The molecule has 3 aliphatic rings. The lowest BCUT2D eigenvalue weighted by atomic mass is 9.70. The molecule has 0 aromatic rings. The van der Waals surface area contributed by atoms with E-state index in [9.17, 15) is 9.59 Å². The van der Waals surface area contributed by atoms with E-state index in [1.807, 2.05) is 12.2 Å². The Labute approximate surface area is 110 Å². The van der Waals surface area contributed by atoms with E-state index in [-0.39, 0.29) is 24.0 Å². The van der Waals surface area contributed by atoms with E-state index in [0.717, 1.165) is 6.42 Å². The Morgan fingerprint density at radius 1 is 1.21 bits per heavy atom. The first-order chi connectivity index (χ1) is 9.03. The number of carbonyl (C=O) groups is 2. The molecule has 0 heterocycles. The fraction of sp³-hybridized carbons (Fsp3) is 0.538. The van der Waals surface area contributed by atoms with E-state index in [1.165, 1.54) is 0 Å². The molecule has 19 heavy (non-hydrogen) atoms. The van der Waals surface area contributed by atoms with Crippen molar-refractivity contribution in [2.24, 2.45) is 34.6 Å². The lowest BCUT2D eigenvalue weighted by Crippen LogP contribution is -2.41. The maximum Gasteiger partial charge on any atom is 0.405 e. The van der Waals surface area contributed by atoms with Gasteiger partial charge < -0.3 is 20.9 Å². The number of ether oxygens (including phenoxy) is 2. The lowest BCUT2D eigenvalue weighted by molar-refractivity contribution is 0.0239. The van der Waals surface area contributed by atoms with Crippen molar-refractivity contribution < 1.29 is 19.1 Å². The molecule has 6 heteroatoms. The fourth-order valence-electron chi connectivity index (χ4n) is 3.91. The summed E-state index contributed by atoms with van der Waals surface area (Å²) in [7, 11) is 0. The van der Waals surface area contributed by atoms with Crippen molar-refractivity contribution >= 4 is 12.2 Å². The minimum Gasteiger partial charge on any atom is -0.449 e. The SMILES string of the molecule is NC(=O)OC[C@@]12C=C[C@H](OC(N)=O)C1C1C=CC2C1. The predicted octanol–water partition coefficient (Wildman–Crippen LogP) is 0.924. The van der Waals surface area contributed by atoms with Gasteiger partial charge in [0.1, 0.15) is 12.7 Å². The van der Waals surface area contributed by atoms with Gasteiger partial charge in [-0.25, -0.2) is 9.59 Å². The molecule has 102 valence electrons. The zero-order valence-corrected chi connectivity index (χ0v) is 10.3. The van der Waals surface area contributed by atoms with Gasteiger partial charge in [0.25, 0.3) is 0 Å². The van der Waals surface area contributed by atoms with Crippen LogP contribution in [0.5, 0.6) is 0 Å². The summed E-state index contributed by atoms with van der Waals surface area (Å²) in [6.07, 6.45) is 7.17. The van der Waals surface area contributed by atoms with Crippen molar-refractivity contribution in [2.75, 3.05) is 6.61 Å². The third-order valence-corrected chi connectivity index (χ3v) is 4.56. The standard InChI is InChI=1S/C13H16N2O4/c14-11(16)18-6-13-4-3-9(19-12(15)17)10(13)7-1-2-8(13)5-7/h1-4,7-10H,5-6H2,(H2,14,16)(H2,15,17)/t7?,8?,9-,10?,13+/m0/s1. The molecule has 0 aromatic heterocycles. The van der Waals surface area contributed by atoms with Crippen molar-refractivity contribution in [1.82, 2.24) is 0 Å². The van der Waals surface area contributed by atoms with Gasteiger partial charge >= 0.3 is 12.2 Å². The van der Waals surface area contributed by atoms with Gasteiger partial charge in [-0.05, 0) is 24.3 Å². The smallest absolute Gasteiger partial charge is 0.405 e.